The van der Waals surface area contributed by atoms with Crippen molar-refractivity contribution in [1.82, 2.24) is 9.80 Å². The van der Waals surface area contributed by atoms with Crippen molar-refractivity contribution in [2.45, 2.75) is 26.8 Å². The van der Waals surface area contributed by atoms with Gasteiger partial charge in [0.25, 0.3) is 0 Å². The second-order valence-corrected chi connectivity index (χ2v) is 4.27. The lowest BCUT2D eigenvalue weighted by atomic mass is 10.1. The maximum atomic E-state index is 8.74. The van der Waals surface area contributed by atoms with Gasteiger partial charge in [-0.3, -0.25) is 9.80 Å². The van der Waals surface area contributed by atoms with Gasteiger partial charge < -0.3 is 0 Å². The Bertz CT molecular complexity index is 209. The molecule has 1 heterocycles. The van der Waals surface area contributed by atoms with Gasteiger partial charge in [-0.1, -0.05) is 6.92 Å². The van der Waals surface area contributed by atoms with E-state index in [4.69, 9.17) is 5.26 Å². The van der Waals surface area contributed by atoms with Crippen LogP contribution in [0.25, 0.3) is 0 Å². The smallest absolute Gasteiger partial charge is 0.0666 e. The molecule has 1 saturated heterocycles. The summed E-state index contributed by atoms with van der Waals surface area (Å²) in [5.41, 5.74) is 0. The number of hydrogen-bond donors (Lipinski definition) is 0. The van der Waals surface area contributed by atoms with E-state index in [2.05, 4.69) is 29.7 Å². The van der Waals surface area contributed by atoms with Gasteiger partial charge >= 0.3 is 0 Å². The third-order valence-electron chi connectivity index (χ3n) is 3.01. The fourth-order valence-corrected chi connectivity index (χ4v) is 2.13. The van der Waals surface area contributed by atoms with Crippen molar-refractivity contribution in [3.8, 4) is 6.07 Å². The number of piperazine rings is 1. The van der Waals surface area contributed by atoms with E-state index < -0.39 is 0 Å². The van der Waals surface area contributed by atoms with Gasteiger partial charge in [0, 0.05) is 32.2 Å². The predicted octanol–water partition coefficient (Wildman–Crippen LogP) is 1.17. The molecule has 1 fully saturated rings. The van der Waals surface area contributed by atoms with Crippen LogP contribution >= 0.6 is 0 Å². The predicted molar refractivity (Wildman–Crippen MR) is 57.9 cm³/mol. The highest BCUT2D eigenvalue weighted by atomic mass is 15.3. The molecule has 3 nitrogen and oxygen atoms in total. The van der Waals surface area contributed by atoms with Crippen molar-refractivity contribution >= 4 is 0 Å². The van der Waals surface area contributed by atoms with Crippen molar-refractivity contribution < 1.29 is 0 Å². The van der Waals surface area contributed by atoms with Gasteiger partial charge in [0.15, 0.2) is 0 Å². The van der Waals surface area contributed by atoms with E-state index in [9.17, 15) is 0 Å². The van der Waals surface area contributed by atoms with Crippen LogP contribution in [0, 0.1) is 17.2 Å². The van der Waals surface area contributed by atoms with Gasteiger partial charge in [-0.05, 0) is 20.4 Å². The Kier molecular flexibility index (Phi) is 4.37. The molecule has 0 aliphatic carbocycles. The molecule has 2 unspecified atom stereocenters. The Hall–Kier alpha value is -0.590. The zero-order valence-electron chi connectivity index (χ0n) is 9.53. The Morgan fingerprint density at radius 2 is 2.21 bits per heavy atom. The van der Waals surface area contributed by atoms with Crippen molar-refractivity contribution in [2.24, 2.45) is 5.92 Å². The number of rotatable bonds is 3. The summed E-state index contributed by atoms with van der Waals surface area (Å²) in [6, 6.07) is 2.94. The van der Waals surface area contributed by atoms with Gasteiger partial charge in [0.05, 0.1) is 12.0 Å². The fraction of sp³-hybridized carbons (Fsp3) is 0.909. The van der Waals surface area contributed by atoms with E-state index in [1.54, 1.807) is 0 Å². The lowest BCUT2D eigenvalue weighted by Gasteiger charge is -2.39. The van der Waals surface area contributed by atoms with Crippen molar-refractivity contribution in [1.29, 1.82) is 5.26 Å². The Balaban J connectivity index is 2.36. The first-order valence-electron chi connectivity index (χ1n) is 5.53. The summed E-state index contributed by atoms with van der Waals surface area (Å²) in [6.45, 7) is 11.9. The van der Waals surface area contributed by atoms with Crippen LogP contribution in [-0.2, 0) is 0 Å². The Morgan fingerprint density at radius 1 is 1.50 bits per heavy atom. The van der Waals surface area contributed by atoms with Gasteiger partial charge in [0.1, 0.15) is 0 Å². The molecule has 1 aliphatic heterocycles. The lowest BCUT2D eigenvalue weighted by Crippen LogP contribution is -2.52. The first-order chi connectivity index (χ1) is 6.67. The van der Waals surface area contributed by atoms with Crippen LogP contribution < -0.4 is 0 Å². The summed E-state index contributed by atoms with van der Waals surface area (Å²) < 4.78 is 0. The number of nitriles is 1. The van der Waals surface area contributed by atoms with Crippen LogP contribution in [0.3, 0.4) is 0 Å². The van der Waals surface area contributed by atoms with Crippen LogP contribution in [0.2, 0.25) is 0 Å². The second kappa shape index (κ2) is 5.33. The number of nitrogens with zero attached hydrogens (tertiary/aromatic N) is 3. The lowest BCUT2D eigenvalue weighted by molar-refractivity contribution is 0.0833. The van der Waals surface area contributed by atoms with Crippen LogP contribution in [-0.4, -0.2) is 48.6 Å². The highest BCUT2D eigenvalue weighted by molar-refractivity contribution is 4.85. The zero-order chi connectivity index (χ0) is 10.6. The fourth-order valence-electron chi connectivity index (χ4n) is 2.13. The molecule has 0 spiro atoms. The molecule has 1 rings (SSSR count). The van der Waals surface area contributed by atoms with E-state index in [-0.39, 0.29) is 5.92 Å². The van der Waals surface area contributed by atoms with Crippen LogP contribution in [0.15, 0.2) is 0 Å². The molecule has 2 atom stereocenters. The minimum Gasteiger partial charge on any atom is -0.299 e. The zero-order valence-corrected chi connectivity index (χ0v) is 9.53. The molecule has 0 aromatic rings. The molecule has 0 saturated carbocycles. The molecule has 0 aromatic heterocycles. The molecule has 1 aliphatic rings. The van der Waals surface area contributed by atoms with Gasteiger partial charge in [-0.25, -0.2) is 0 Å². The van der Waals surface area contributed by atoms with E-state index >= 15 is 0 Å². The molecule has 80 valence electrons. The molecule has 0 N–H and O–H groups in total. The molecule has 0 amide bonds. The number of hydrogen-bond acceptors (Lipinski definition) is 3. The van der Waals surface area contributed by atoms with Crippen LogP contribution in [0.4, 0.5) is 0 Å². The molecule has 0 aromatic carbocycles. The summed E-state index contributed by atoms with van der Waals surface area (Å²) in [4.78, 5) is 4.90. The van der Waals surface area contributed by atoms with Crippen molar-refractivity contribution in [3.05, 3.63) is 0 Å². The molecule has 0 bridgehead atoms. The largest absolute Gasteiger partial charge is 0.299 e. The average Bonchev–Trinajstić information content (AvgIpc) is 2.18. The quantitative estimate of drug-likeness (QED) is 0.677. The van der Waals surface area contributed by atoms with Crippen LogP contribution in [0.1, 0.15) is 20.8 Å². The second-order valence-electron chi connectivity index (χ2n) is 4.27. The van der Waals surface area contributed by atoms with Crippen molar-refractivity contribution in [2.75, 3.05) is 32.7 Å². The van der Waals surface area contributed by atoms with E-state index in [1.165, 1.54) is 0 Å². The third-order valence-corrected chi connectivity index (χ3v) is 3.01. The molecular weight excluding hydrogens is 174 g/mol. The normalized spacial score (nSPS) is 27.1. The van der Waals surface area contributed by atoms with E-state index in [1.807, 2.05) is 6.92 Å². The standard InChI is InChI=1S/C11H21N3/c1-4-14-6-5-13(9-11(14)3)8-10(2)7-12/h10-11H,4-6,8-9H2,1-3H3. The topological polar surface area (TPSA) is 30.3 Å². The number of likely N-dealkylation sites (N-methyl/N-ethyl adjacent to an activating group) is 1. The first kappa shape index (κ1) is 11.5. The van der Waals surface area contributed by atoms with E-state index in [0.717, 1.165) is 32.7 Å². The highest BCUT2D eigenvalue weighted by Crippen LogP contribution is 2.10. The maximum Gasteiger partial charge on any atom is 0.0666 e. The van der Waals surface area contributed by atoms with Gasteiger partial charge in [0.2, 0.25) is 0 Å². The summed E-state index contributed by atoms with van der Waals surface area (Å²) in [7, 11) is 0. The van der Waals surface area contributed by atoms with Gasteiger partial charge in [-0.15, -0.1) is 0 Å². The van der Waals surface area contributed by atoms with Crippen molar-refractivity contribution in [3.63, 3.8) is 0 Å². The monoisotopic (exact) mass is 195 g/mol. The van der Waals surface area contributed by atoms with Gasteiger partial charge in [-0.2, -0.15) is 5.26 Å². The van der Waals surface area contributed by atoms with E-state index in [0.29, 0.717) is 6.04 Å². The first-order valence-corrected chi connectivity index (χ1v) is 5.53. The molecule has 3 heteroatoms. The van der Waals surface area contributed by atoms with Crippen LogP contribution in [0.5, 0.6) is 0 Å². The highest BCUT2D eigenvalue weighted by Gasteiger charge is 2.22. The third kappa shape index (κ3) is 2.97. The summed E-state index contributed by atoms with van der Waals surface area (Å²) in [6.07, 6.45) is 0. The minimum absolute atomic E-state index is 0.162. The summed E-state index contributed by atoms with van der Waals surface area (Å²) >= 11 is 0. The molecule has 14 heavy (non-hydrogen) atoms. The Labute approximate surface area is 87.3 Å². The summed E-state index contributed by atoms with van der Waals surface area (Å²) in [5, 5.41) is 8.74. The average molecular weight is 195 g/mol. The summed E-state index contributed by atoms with van der Waals surface area (Å²) in [5.74, 6) is 0.162. The minimum atomic E-state index is 0.162. The maximum absolute atomic E-state index is 8.74. The molecule has 0 radical (unpaired) electrons. The molecular formula is C11H21N3. The Morgan fingerprint density at radius 3 is 2.71 bits per heavy atom. The SMILES string of the molecule is CCN1CCN(CC(C)C#N)CC1C.